The van der Waals surface area contributed by atoms with Gasteiger partial charge in [-0.3, -0.25) is 9.78 Å². The molecule has 18 heavy (non-hydrogen) atoms. The van der Waals surface area contributed by atoms with Crippen molar-refractivity contribution in [3.8, 4) is 11.8 Å². The highest BCUT2D eigenvalue weighted by atomic mass is 19.3. The monoisotopic (exact) mass is 256 g/mol. The summed E-state index contributed by atoms with van der Waals surface area (Å²) in [4.78, 5) is 15.0. The average molecular weight is 256 g/mol. The summed E-state index contributed by atoms with van der Waals surface area (Å²) in [6.45, 7) is -1.28. The minimum absolute atomic E-state index is 0.0906. The van der Waals surface area contributed by atoms with Crippen molar-refractivity contribution in [1.29, 1.82) is 5.26 Å². The molecule has 0 radical (unpaired) electrons. The lowest BCUT2D eigenvalue weighted by atomic mass is 10.1. The summed E-state index contributed by atoms with van der Waals surface area (Å²) in [5.74, 6) is -0.941. The second-order valence-corrected chi connectivity index (χ2v) is 3.15. The average Bonchev–Trinajstić information content (AvgIpc) is 2.31. The number of carbonyl (C=O) groups excluding carboxylic acids is 1. The summed E-state index contributed by atoms with van der Waals surface area (Å²) in [6, 6.07) is 1.67. The lowest BCUT2D eigenvalue weighted by Gasteiger charge is -2.11. The van der Waals surface area contributed by atoms with Crippen LogP contribution in [0.5, 0.6) is 5.75 Å². The number of pyridine rings is 1. The fraction of sp³-hybridized carbons (Fsp3) is 0.364. The first-order valence-corrected chi connectivity index (χ1v) is 5.05. The molecular formula is C11H10F2N2O3. The van der Waals surface area contributed by atoms with Crippen molar-refractivity contribution >= 4 is 5.97 Å². The molecule has 0 saturated carbocycles. The molecule has 0 amide bonds. The molecule has 1 aromatic heterocycles. The molecule has 1 aromatic rings. The Balaban J connectivity index is 3.03. The van der Waals surface area contributed by atoms with Gasteiger partial charge in [0.15, 0.2) is 5.75 Å². The Morgan fingerprint density at radius 1 is 1.56 bits per heavy atom. The Bertz CT molecular complexity index is 472. The number of hydrogen-bond acceptors (Lipinski definition) is 5. The molecule has 0 aliphatic rings. The number of ether oxygens (including phenoxy) is 2. The molecule has 0 aromatic carbocycles. The molecular weight excluding hydrogens is 246 g/mol. The number of alkyl halides is 2. The molecule has 0 bridgehead atoms. The van der Waals surface area contributed by atoms with Gasteiger partial charge in [0.05, 0.1) is 13.0 Å². The van der Waals surface area contributed by atoms with E-state index in [0.29, 0.717) is 0 Å². The van der Waals surface area contributed by atoms with Crippen LogP contribution in [0.3, 0.4) is 0 Å². The highest BCUT2D eigenvalue weighted by Gasteiger charge is 2.17. The molecule has 1 heterocycles. The molecule has 1 rings (SSSR count). The number of aromatic nitrogens is 1. The Hall–Kier alpha value is -2.23. The van der Waals surface area contributed by atoms with E-state index in [1.165, 1.54) is 6.20 Å². The van der Waals surface area contributed by atoms with Gasteiger partial charge in [-0.05, 0) is 6.92 Å². The fourth-order valence-corrected chi connectivity index (χ4v) is 1.29. The molecule has 96 valence electrons. The van der Waals surface area contributed by atoms with Crippen LogP contribution in [0.15, 0.2) is 12.4 Å². The van der Waals surface area contributed by atoms with Gasteiger partial charge in [-0.25, -0.2) is 0 Å². The Morgan fingerprint density at radius 2 is 2.28 bits per heavy atom. The van der Waals surface area contributed by atoms with Gasteiger partial charge in [-0.1, -0.05) is 0 Å². The van der Waals surface area contributed by atoms with Crippen LogP contribution < -0.4 is 4.74 Å². The second kappa shape index (κ2) is 6.49. The third-order valence-electron chi connectivity index (χ3n) is 1.94. The maximum atomic E-state index is 12.2. The van der Waals surface area contributed by atoms with Crippen molar-refractivity contribution in [2.24, 2.45) is 0 Å². The number of rotatable bonds is 5. The van der Waals surface area contributed by atoms with Gasteiger partial charge >= 0.3 is 12.6 Å². The zero-order valence-corrected chi connectivity index (χ0v) is 9.52. The van der Waals surface area contributed by atoms with Crippen molar-refractivity contribution in [3.63, 3.8) is 0 Å². The minimum atomic E-state index is -3.08. The third-order valence-corrected chi connectivity index (χ3v) is 1.94. The molecule has 0 saturated heterocycles. The summed E-state index contributed by atoms with van der Waals surface area (Å²) in [7, 11) is 0. The summed E-state index contributed by atoms with van der Waals surface area (Å²) in [5.41, 5.74) is -0.0649. The van der Waals surface area contributed by atoms with Gasteiger partial charge in [0.1, 0.15) is 11.6 Å². The standard InChI is InChI=1S/C11H10F2N2O3/c1-2-17-9(16)3-7-5-15-6-8(4-14)10(7)18-11(12)13/h5-6,11H,2-3H2,1H3. The van der Waals surface area contributed by atoms with Crippen LogP contribution in [0.25, 0.3) is 0 Å². The lowest BCUT2D eigenvalue weighted by molar-refractivity contribution is -0.142. The third kappa shape index (κ3) is 3.66. The van der Waals surface area contributed by atoms with E-state index in [1.807, 2.05) is 0 Å². The van der Waals surface area contributed by atoms with E-state index in [9.17, 15) is 13.6 Å². The zero-order chi connectivity index (χ0) is 13.5. The van der Waals surface area contributed by atoms with E-state index in [-0.39, 0.29) is 29.9 Å². The molecule has 0 unspecified atom stereocenters. The maximum absolute atomic E-state index is 12.2. The first kappa shape index (κ1) is 13.8. The van der Waals surface area contributed by atoms with Gasteiger partial charge in [-0.15, -0.1) is 0 Å². The van der Waals surface area contributed by atoms with Crippen LogP contribution in [0.1, 0.15) is 18.1 Å². The number of halogens is 2. The fourth-order valence-electron chi connectivity index (χ4n) is 1.29. The number of hydrogen-bond donors (Lipinski definition) is 0. The predicted molar refractivity (Wildman–Crippen MR) is 55.9 cm³/mol. The Kier molecular flexibility index (Phi) is 4.99. The number of esters is 1. The normalized spacial score (nSPS) is 9.94. The zero-order valence-electron chi connectivity index (χ0n) is 9.52. The van der Waals surface area contributed by atoms with E-state index >= 15 is 0 Å². The summed E-state index contributed by atoms with van der Waals surface area (Å²) >= 11 is 0. The molecule has 0 N–H and O–H groups in total. The Morgan fingerprint density at radius 3 is 2.83 bits per heavy atom. The van der Waals surface area contributed by atoms with E-state index in [4.69, 9.17) is 5.26 Å². The second-order valence-electron chi connectivity index (χ2n) is 3.15. The number of nitrogens with zero attached hydrogens (tertiary/aromatic N) is 2. The highest BCUT2D eigenvalue weighted by molar-refractivity contribution is 5.74. The van der Waals surface area contributed by atoms with Crippen LogP contribution in [0.4, 0.5) is 8.78 Å². The van der Waals surface area contributed by atoms with Gasteiger partial charge in [-0.2, -0.15) is 14.0 Å². The van der Waals surface area contributed by atoms with Gasteiger partial charge in [0, 0.05) is 18.0 Å². The summed E-state index contributed by atoms with van der Waals surface area (Å²) in [5, 5.41) is 8.76. The first-order valence-electron chi connectivity index (χ1n) is 5.05. The van der Waals surface area contributed by atoms with Crippen molar-refractivity contribution in [2.45, 2.75) is 20.0 Å². The minimum Gasteiger partial charge on any atom is -0.466 e. The van der Waals surface area contributed by atoms with Crippen LogP contribution in [0, 0.1) is 11.3 Å². The summed E-state index contributed by atoms with van der Waals surface area (Å²) in [6.07, 6.45) is 2.00. The van der Waals surface area contributed by atoms with Crippen molar-refractivity contribution in [1.82, 2.24) is 4.98 Å². The maximum Gasteiger partial charge on any atom is 0.387 e. The topological polar surface area (TPSA) is 72.2 Å². The largest absolute Gasteiger partial charge is 0.466 e. The SMILES string of the molecule is CCOC(=O)Cc1cncc(C#N)c1OC(F)F. The lowest BCUT2D eigenvalue weighted by Crippen LogP contribution is -2.12. The van der Waals surface area contributed by atoms with Crippen molar-refractivity contribution in [2.75, 3.05) is 6.61 Å². The molecule has 0 atom stereocenters. The van der Waals surface area contributed by atoms with E-state index in [2.05, 4.69) is 14.5 Å². The van der Waals surface area contributed by atoms with Gasteiger partial charge in [0.25, 0.3) is 0 Å². The van der Waals surface area contributed by atoms with E-state index in [0.717, 1.165) is 6.20 Å². The highest BCUT2D eigenvalue weighted by Crippen LogP contribution is 2.25. The van der Waals surface area contributed by atoms with E-state index in [1.54, 1.807) is 13.0 Å². The van der Waals surface area contributed by atoms with Gasteiger partial charge in [0.2, 0.25) is 0 Å². The molecule has 7 heteroatoms. The van der Waals surface area contributed by atoms with E-state index < -0.39 is 12.6 Å². The predicted octanol–water partition coefficient (Wildman–Crippen LogP) is 1.66. The van der Waals surface area contributed by atoms with Crippen molar-refractivity contribution < 1.29 is 23.0 Å². The quantitative estimate of drug-likeness (QED) is 0.749. The first-order chi connectivity index (χ1) is 8.58. The van der Waals surface area contributed by atoms with Crippen LogP contribution in [0.2, 0.25) is 0 Å². The molecule has 0 fully saturated rings. The van der Waals surface area contributed by atoms with Crippen LogP contribution in [-0.4, -0.2) is 24.2 Å². The van der Waals surface area contributed by atoms with Crippen LogP contribution >= 0.6 is 0 Å². The smallest absolute Gasteiger partial charge is 0.387 e. The molecule has 0 aliphatic carbocycles. The Labute approximate surface area is 102 Å². The molecule has 0 spiro atoms. The number of carbonyl (C=O) groups is 1. The van der Waals surface area contributed by atoms with Crippen LogP contribution in [-0.2, 0) is 16.0 Å². The molecule has 0 aliphatic heterocycles. The summed E-state index contributed by atoms with van der Waals surface area (Å²) < 4.78 is 33.4. The number of nitriles is 1. The van der Waals surface area contributed by atoms with Gasteiger partial charge < -0.3 is 9.47 Å². The molecule has 5 nitrogen and oxygen atoms in total. The van der Waals surface area contributed by atoms with Crippen molar-refractivity contribution in [3.05, 3.63) is 23.5 Å².